The maximum Gasteiger partial charge on any atom is 0.373 e. The summed E-state index contributed by atoms with van der Waals surface area (Å²) in [5.74, 6) is -1.82. The highest BCUT2D eigenvalue weighted by Crippen LogP contribution is 2.45. The number of carbonyl (C=O) groups excluding carboxylic acids is 2. The maximum atomic E-state index is 12.4. The first-order valence-corrected chi connectivity index (χ1v) is 7.42. The van der Waals surface area contributed by atoms with Crippen molar-refractivity contribution in [3.05, 3.63) is 32.5 Å². The number of hydrogen-bond acceptors (Lipinski definition) is 6. The molecule has 0 fully saturated rings. The highest BCUT2D eigenvalue weighted by atomic mass is 79.9. The van der Waals surface area contributed by atoms with Gasteiger partial charge in [0.25, 0.3) is 0 Å². The number of halogens is 2. The monoisotopic (exact) mass is 390 g/mol. The minimum absolute atomic E-state index is 0.0797. The number of esters is 1. The predicted molar refractivity (Wildman–Crippen MR) is 81.8 cm³/mol. The lowest BCUT2D eigenvalue weighted by Gasteiger charge is -2.22. The lowest BCUT2D eigenvalue weighted by atomic mass is 9.99. The molecule has 0 unspecified atom stereocenters. The van der Waals surface area contributed by atoms with E-state index in [0.717, 1.165) is 0 Å². The van der Waals surface area contributed by atoms with Gasteiger partial charge in [-0.15, -0.1) is 0 Å². The third-order valence-electron chi connectivity index (χ3n) is 2.97. The van der Waals surface area contributed by atoms with Crippen molar-refractivity contribution in [3.8, 4) is 11.5 Å². The van der Waals surface area contributed by atoms with E-state index in [2.05, 4.69) is 20.7 Å². The number of Topliss-reactive ketones (excluding diaryl/α,β-unsaturated/α-hetero) is 1. The second-order valence-corrected chi connectivity index (χ2v) is 5.48. The van der Waals surface area contributed by atoms with Crippen LogP contribution in [-0.2, 0) is 9.53 Å². The minimum atomic E-state index is -0.975. The number of ether oxygens (including phenoxy) is 3. The van der Waals surface area contributed by atoms with E-state index in [4.69, 9.17) is 21.1 Å². The van der Waals surface area contributed by atoms with E-state index in [0.29, 0.717) is 10.2 Å². The molecule has 0 saturated heterocycles. The van der Waals surface area contributed by atoms with E-state index >= 15 is 0 Å². The van der Waals surface area contributed by atoms with Crippen molar-refractivity contribution >= 4 is 39.3 Å². The third kappa shape index (κ3) is 2.78. The summed E-state index contributed by atoms with van der Waals surface area (Å²) in [5.41, 5.74) is -0.0612. The summed E-state index contributed by atoms with van der Waals surface area (Å²) in [6.07, 6.45) is 0. The van der Waals surface area contributed by atoms with E-state index in [-0.39, 0.29) is 35.1 Å². The van der Waals surface area contributed by atoms with E-state index in [1.54, 1.807) is 6.92 Å². The second kappa shape index (κ2) is 6.58. The van der Waals surface area contributed by atoms with Gasteiger partial charge >= 0.3 is 5.97 Å². The molecule has 0 bridgehead atoms. The molecule has 8 heteroatoms. The molecular weight excluding hydrogens is 380 g/mol. The van der Waals surface area contributed by atoms with Crippen molar-refractivity contribution in [2.24, 2.45) is 0 Å². The quantitative estimate of drug-likeness (QED) is 0.484. The zero-order chi connectivity index (χ0) is 16.4. The summed E-state index contributed by atoms with van der Waals surface area (Å²) < 4.78 is 15.6. The van der Waals surface area contributed by atoms with Crippen molar-refractivity contribution in [2.45, 2.75) is 6.92 Å². The molecule has 6 nitrogen and oxygen atoms in total. The van der Waals surface area contributed by atoms with Gasteiger partial charge in [0.1, 0.15) is 11.6 Å². The summed E-state index contributed by atoms with van der Waals surface area (Å²) in [6, 6.07) is 1.46. The lowest BCUT2D eigenvalue weighted by Crippen LogP contribution is -2.24. The van der Waals surface area contributed by atoms with Crippen LogP contribution in [0.25, 0.3) is 0 Å². The molecule has 0 radical (unpaired) electrons. The molecule has 0 atom stereocenters. The van der Waals surface area contributed by atoms with Gasteiger partial charge in [0.15, 0.2) is 17.3 Å². The zero-order valence-corrected chi connectivity index (χ0v) is 14.1. The molecule has 1 aromatic rings. The molecule has 0 aliphatic carbocycles. The van der Waals surface area contributed by atoms with Crippen LogP contribution in [0.5, 0.6) is 11.5 Å². The first kappa shape index (κ1) is 16.6. The van der Waals surface area contributed by atoms with Crippen molar-refractivity contribution < 1.29 is 28.9 Å². The Hall–Kier alpha value is -1.73. The fourth-order valence-electron chi connectivity index (χ4n) is 1.95. The largest absolute Gasteiger partial charge is 0.501 e. The van der Waals surface area contributed by atoms with Gasteiger partial charge in [-0.1, -0.05) is 11.6 Å². The fourth-order valence-corrected chi connectivity index (χ4v) is 2.99. The molecule has 1 aromatic carbocycles. The summed E-state index contributed by atoms with van der Waals surface area (Å²) >= 11 is 9.37. The molecule has 1 N–H and O–H groups in total. The number of fused-ring (bicyclic) bond motifs is 1. The lowest BCUT2D eigenvalue weighted by molar-refractivity contribution is -0.141. The summed E-state index contributed by atoms with van der Waals surface area (Å²) in [5, 5.41) is 9.98. The average Bonchev–Trinajstić information content (AvgIpc) is 2.48. The first-order valence-electron chi connectivity index (χ1n) is 6.25. The minimum Gasteiger partial charge on any atom is -0.501 e. The highest BCUT2D eigenvalue weighted by molar-refractivity contribution is 9.10. The van der Waals surface area contributed by atoms with Crippen LogP contribution in [0.3, 0.4) is 0 Å². The Morgan fingerprint density at radius 1 is 1.55 bits per heavy atom. The molecule has 0 saturated carbocycles. The topological polar surface area (TPSA) is 82.1 Å². The molecule has 1 heterocycles. The molecule has 1 aliphatic heterocycles. The number of aliphatic hydroxyl groups excluding tert-OH is 1. The average molecular weight is 392 g/mol. The Bertz CT molecular complexity index is 682. The maximum absolute atomic E-state index is 12.4. The van der Waals surface area contributed by atoms with Gasteiger partial charge in [0.2, 0.25) is 5.76 Å². The van der Waals surface area contributed by atoms with E-state index in [1.807, 2.05) is 0 Å². The third-order valence-corrected chi connectivity index (χ3v) is 3.90. The van der Waals surface area contributed by atoms with Crippen LogP contribution in [0.15, 0.2) is 21.9 Å². The molecular formula is C14H12BrClO6. The summed E-state index contributed by atoms with van der Waals surface area (Å²) in [4.78, 5) is 24.0. The van der Waals surface area contributed by atoms with Gasteiger partial charge in [0, 0.05) is 0 Å². The second-order valence-electron chi connectivity index (χ2n) is 4.25. The van der Waals surface area contributed by atoms with Crippen LogP contribution < -0.4 is 9.47 Å². The van der Waals surface area contributed by atoms with Crippen molar-refractivity contribution in [1.29, 1.82) is 0 Å². The van der Waals surface area contributed by atoms with Gasteiger partial charge < -0.3 is 19.3 Å². The van der Waals surface area contributed by atoms with E-state index in [1.165, 1.54) is 13.2 Å². The number of benzene rings is 1. The van der Waals surface area contributed by atoms with Gasteiger partial charge in [-0.2, -0.15) is 0 Å². The first-order chi connectivity index (χ1) is 10.4. The molecule has 118 valence electrons. The predicted octanol–water partition coefficient (Wildman–Crippen LogP) is 3.06. The van der Waals surface area contributed by atoms with Crippen LogP contribution in [0.1, 0.15) is 17.3 Å². The smallest absolute Gasteiger partial charge is 0.373 e. The Kier molecular flexibility index (Phi) is 4.97. The van der Waals surface area contributed by atoms with Crippen molar-refractivity contribution in [1.82, 2.24) is 0 Å². The zero-order valence-electron chi connectivity index (χ0n) is 11.7. The molecule has 0 amide bonds. The van der Waals surface area contributed by atoms with Crippen molar-refractivity contribution in [3.63, 3.8) is 0 Å². The van der Waals surface area contributed by atoms with E-state index in [9.17, 15) is 14.7 Å². The number of ketones is 1. The molecule has 22 heavy (non-hydrogen) atoms. The standard InChI is InChI=1S/C14H12BrClO6/c1-3-21-14(19)11(18)7-5-22-12-6(10(7)17)4-8(15)13(20-2)9(12)16/h4,18H,3,5H2,1-2H3/b11-7-. The number of hydrogen-bond donors (Lipinski definition) is 1. The highest BCUT2D eigenvalue weighted by Gasteiger charge is 2.32. The number of aliphatic hydroxyl groups is 1. The van der Waals surface area contributed by atoms with Crippen LogP contribution in [0.2, 0.25) is 5.02 Å². The Balaban J connectivity index is 2.52. The number of rotatable bonds is 3. The summed E-state index contributed by atoms with van der Waals surface area (Å²) in [6.45, 7) is 1.38. The van der Waals surface area contributed by atoms with Gasteiger partial charge in [-0.25, -0.2) is 4.79 Å². The van der Waals surface area contributed by atoms with Gasteiger partial charge in [0.05, 0.1) is 29.3 Å². The fraction of sp³-hybridized carbons (Fsp3) is 0.286. The summed E-state index contributed by atoms with van der Waals surface area (Å²) in [7, 11) is 1.43. The SMILES string of the molecule is CCOC(=O)/C(O)=C1\COc2c(cc(Br)c(OC)c2Cl)C1=O. The molecule has 1 aliphatic rings. The molecule has 0 spiro atoms. The molecule has 2 rings (SSSR count). The van der Waals surface area contributed by atoms with Crippen LogP contribution in [0.4, 0.5) is 0 Å². The number of carbonyl (C=O) groups is 2. The van der Waals surface area contributed by atoms with Gasteiger partial charge in [-0.3, -0.25) is 4.79 Å². The van der Waals surface area contributed by atoms with Crippen LogP contribution >= 0.6 is 27.5 Å². The van der Waals surface area contributed by atoms with E-state index < -0.39 is 17.5 Å². The Morgan fingerprint density at radius 2 is 2.23 bits per heavy atom. The Morgan fingerprint density at radius 3 is 2.82 bits per heavy atom. The normalized spacial score (nSPS) is 15.7. The van der Waals surface area contributed by atoms with Crippen LogP contribution in [0, 0.1) is 0 Å². The van der Waals surface area contributed by atoms with Crippen LogP contribution in [-0.4, -0.2) is 37.2 Å². The number of methoxy groups -OCH3 is 1. The molecule has 0 aromatic heterocycles. The van der Waals surface area contributed by atoms with Crippen molar-refractivity contribution in [2.75, 3.05) is 20.3 Å². The Labute approximate surface area is 139 Å². The van der Waals surface area contributed by atoms with Gasteiger partial charge in [-0.05, 0) is 28.9 Å².